The SMILES string of the molecule is C/C=C(\Cl)c1nc2ccc(F)cc2c(=O)n1CC1CC1. The van der Waals surface area contributed by atoms with Crippen LogP contribution in [-0.2, 0) is 6.54 Å². The summed E-state index contributed by atoms with van der Waals surface area (Å²) in [5.74, 6) is 0.532. The normalized spacial score (nSPS) is 15.8. The molecule has 1 saturated carbocycles. The van der Waals surface area contributed by atoms with Crippen molar-refractivity contribution in [2.75, 3.05) is 0 Å². The third kappa shape index (κ3) is 2.36. The van der Waals surface area contributed by atoms with Gasteiger partial charge in [-0.05, 0) is 43.9 Å². The van der Waals surface area contributed by atoms with E-state index >= 15 is 0 Å². The van der Waals surface area contributed by atoms with Gasteiger partial charge in [0.15, 0.2) is 5.82 Å². The fourth-order valence-corrected chi connectivity index (χ4v) is 2.38. The van der Waals surface area contributed by atoms with Crippen molar-refractivity contribution in [1.82, 2.24) is 9.55 Å². The molecule has 2 aromatic rings. The Hall–Kier alpha value is -1.68. The van der Waals surface area contributed by atoms with E-state index in [1.165, 1.54) is 18.2 Å². The Morgan fingerprint density at radius 3 is 2.95 bits per heavy atom. The zero-order chi connectivity index (χ0) is 14.3. The molecule has 1 aliphatic carbocycles. The summed E-state index contributed by atoms with van der Waals surface area (Å²) >= 11 is 6.17. The molecule has 0 bridgehead atoms. The van der Waals surface area contributed by atoms with E-state index in [9.17, 15) is 9.18 Å². The molecule has 1 aromatic heterocycles. The van der Waals surface area contributed by atoms with Gasteiger partial charge in [0.1, 0.15) is 5.82 Å². The van der Waals surface area contributed by atoms with Gasteiger partial charge in [0.05, 0.1) is 15.9 Å². The third-order valence-corrected chi connectivity index (χ3v) is 3.91. The molecule has 1 aromatic carbocycles. The maximum Gasteiger partial charge on any atom is 0.261 e. The molecule has 0 atom stereocenters. The lowest BCUT2D eigenvalue weighted by atomic mass is 10.2. The van der Waals surface area contributed by atoms with Crippen molar-refractivity contribution in [2.45, 2.75) is 26.3 Å². The molecular formula is C15H14ClFN2O. The van der Waals surface area contributed by atoms with E-state index in [0.717, 1.165) is 12.8 Å². The largest absolute Gasteiger partial charge is 0.291 e. The van der Waals surface area contributed by atoms with Gasteiger partial charge in [0.25, 0.3) is 5.56 Å². The van der Waals surface area contributed by atoms with E-state index in [0.29, 0.717) is 34.2 Å². The van der Waals surface area contributed by atoms with Gasteiger partial charge in [-0.3, -0.25) is 9.36 Å². The summed E-state index contributed by atoms with van der Waals surface area (Å²) < 4.78 is 14.9. The summed E-state index contributed by atoms with van der Waals surface area (Å²) in [5, 5.41) is 0.740. The van der Waals surface area contributed by atoms with Crippen molar-refractivity contribution >= 4 is 27.5 Å². The van der Waals surface area contributed by atoms with Gasteiger partial charge < -0.3 is 0 Å². The Kier molecular flexibility index (Phi) is 3.34. The summed E-state index contributed by atoms with van der Waals surface area (Å²) in [6.07, 6.45) is 3.93. The van der Waals surface area contributed by atoms with Gasteiger partial charge in [-0.25, -0.2) is 9.37 Å². The van der Waals surface area contributed by atoms with E-state index in [1.54, 1.807) is 17.6 Å². The lowest BCUT2D eigenvalue weighted by molar-refractivity contribution is 0.594. The van der Waals surface area contributed by atoms with E-state index in [-0.39, 0.29) is 5.56 Å². The minimum Gasteiger partial charge on any atom is -0.291 e. The highest BCUT2D eigenvalue weighted by Gasteiger charge is 2.25. The van der Waals surface area contributed by atoms with Crippen LogP contribution in [0.25, 0.3) is 15.9 Å². The van der Waals surface area contributed by atoms with Gasteiger partial charge in [-0.1, -0.05) is 17.7 Å². The first kappa shape index (κ1) is 13.3. The summed E-state index contributed by atoms with van der Waals surface area (Å²) in [5.41, 5.74) is 0.245. The van der Waals surface area contributed by atoms with Gasteiger partial charge in [-0.2, -0.15) is 0 Å². The molecule has 0 unspecified atom stereocenters. The standard InChI is InChI=1S/C15H14ClFN2O/c1-2-12(16)14-18-13-6-5-10(17)7-11(13)15(20)19(14)8-9-3-4-9/h2,5-7,9H,3-4,8H2,1H3/b12-2-. The minimum absolute atomic E-state index is 0.226. The molecule has 104 valence electrons. The molecule has 3 rings (SSSR count). The molecular weight excluding hydrogens is 279 g/mol. The van der Waals surface area contributed by atoms with E-state index in [1.807, 2.05) is 0 Å². The van der Waals surface area contributed by atoms with Crippen molar-refractivity contribution in [2.24, 2.45) is 5.92 Å². The summed E-state index contributed by atoms with van der Waals surface area (Å²) in [7, 11) is 0. The van der Waals surface area contributed by atoms with Crippen LogP contribution in [0, 0.1) is 11.7 Å². The molecule has 20 heavy (non-hydrogen) atoms. The van der Waals surface area contributed by atoms with Crippen molar-refractivity contribution < 1.29 is 4.39 Å². The van der Waals surface area contributed by atoms with Crippen LogP contribution in [0.15, 0.2) is 29.1 Å². The second-order valence-electron chi connectivity index (χ2n) is 5.09. The number of benzene rings is 1. The van der Waals surface area contributed by atoms with Crippen LogP contribution < -0.4 is 5.56 Å². The number of nitrogens with zero attached hydrogens (tertiary/aromatic N) is 2. The second-order valence-corrected chi connectivity index (χ2v) is 5.50. The number of halogens is 2. The molecule has 0 N–H and O–H groups in total. The average Bonchev–Trinajstić information content (AvgIpc) is 3.25. The van der Waals surface area contributed by atoms with Crippen LogP contribution in [0.4, 0.5) is 4.39 Å². The number of fused-ring (bicyclic) bond motifs is 1. The number of rotatable bonds is 3. The molecule has 1 heterocycles. The van der Waals surface area contributed by atoms with Crippen LogP contribution in [0.3, 0.4) is 0 Å². The van der Waals surface area contributed by atoms with Crippen molar-refractivity contribution in [3.8, 4) is 0 Å². The predicted molar refractivity (Wildman–Crippen MR) is 78.2 cm³/mol. The van der Waals surface area contributed by atoms with Crippen LogP contribution in [0.5, 0.6) is 0 Å². The van der Waals surface area contributed by atoms with Gasteiger partial charge in [0.2, 0.25) is 0 Å². The number of hydrogen-bond donors (Lipinski definition) is 0. The van der Waals surface area contributed by atoms with Crippen LogP contribution >= 0.6 is 11.6 Å². The summed E-state index contributed by atoms with van der Waals surface area (Å²) in [4.78, 5) is 17.0. The lowest BCUT2D eigenvalue weighted by Crippen LogP contribution is -2.25. The Morgan fingerprint density at radius 1 is 1.55 bits per heavy atom. The van der Waals surface area contributed by atoms with Crippen molar-refractivity contribution in [3.63, 3.8) is 0 Å². The Balaban J connectivity index is 2.29. The molecule has 3 nitrogen and oxygen atoms in total. The molecule has 0 radical (unpaired) electrons. The van der Waals surface area contributed by atoms with E-state index in [4.69, 9.17) is 11.6 Å². The van der Waals surface area contributed by atoms with E-state index < -0.39 is 5.82 Å². The van der Waals surface area contributed by atoms with Crippen LogP contribution in [-0.4, -0.2) is 9.55 Å². The quantitative estimate of drug-likeness (QED) is 0.867. The monoisotopic (exact) mass is 292 g/mol. The van der Waals surface area contributed by atoms with Crippen LogP contribution in [0.1, 0.15) is 25.6 Å². The summed E-state index contributed by atoms with van der Waals surface area (Å²) in [6.45, 7) is 2.39. The first-order valence-electron chi connectivity index (χ1n) is 6.62. The molecule has 0 aliphatic heterocycles. The molecule has 5 heteroatoms. The highest BCUT2D eigenvalue weighted by Crippen LogP contribution is 2.31. The number of aromatic nitrogens is 2. The number of hydrogen-bond acceptors (Lipinski definition) is 2. The highest BCUT2D eigenvalue weighted by atomic mass is 35.5. The molecule has 0 amide bonds. The maximum atomic E-state index is 13.3. The zero-order valence-electron chi connectivity index (χ0n) is 11.1. The molecule has 1 fully saturated rings. The van der Waals surface area contributed by atoms with Crippen molar-refractivity contribution in [3.05, 3.63) is 46.3 Å². The second kappa shape index (κ2) is 5.02. The lowest BCUT2D eigenvalue weighted by Gasteiger charge is -2.12. The first-order valence-corrected chi connectivity index (χ1v) is 7.00. The first-order chi connectivity index (χ1) is 9.60. The fraction of sp³-hybridized carbons (Fsp3) is 0.333. The Morgan fingerprint density at radius 2 is 2.30 bits per heavy atom. The number of allylic oxidation sites excluding steroid dienone is 1. The molecule has 0 spiro atoms. The molecule has 1 aliphatic rings. The Bertz CT molecular complexity index is 762. The van der Waals surface area contributed by atoms with Gasteiger partial charge in [-0.15, -0.1) is 0 Å². The third-order valence-electron chi connectivity index (χ3n) is 3.52. The topological polar surface area (TPSA) is 34.9 Å². The van der Waals surface area contributed by atoms with Crippen molar-refractivity contribution in [1.29, 1.82) is 0 Å². The van der Waals surface area contributed by atoms with E-state index in [2.05, 4.69) is 4.98 Å². The summed E-state index contributed by atoms with van der Waals surface area (Å²) in [6, 6.07) is 4.05. The average molecular weight is 293 g/mol. The fourth-order valence-electron chi connectivity index (χ4n) is 2.23. The van der Waals surface area contributed by atoms with Crippen LogP contribution in [0.2, 0.25) is 0 Å². The highest BCUT2D eigenvalue weighted by molar-refractivity contribution is 6.48. The van der Waals surface area contributed by atoms with Gasteiger partial charge >= 0.3 is 0 Å². The zero-order valence-corrected chi connectivity index (χ0v) is 11.8. The minimum atomic E-state index is -0.431. The Labute approximate surface area is 120 Å². The maximum absolute atomic E-state index is 13.3. The molecule has 0 saturated heterocycles. The van der Waals surface area contributed by atoms with Gasteiger partial charge in [0, 0.05) is 6.54 Å². The predicted octanol–water partition coefficient (Wildman–Crippen LogP) is 3.55. The smallest absolute Gasteiger partial charge is 0.261 e.